The molecule has 0 saturated carbocycles. The highest BCUT2D eigenvalue weighted by molar-refractivity contribution is 7.99. The number of benzene rings is 2. The van der Waals surface area contributed by atoms with Gasteiger partial charge in [0, 0.05) is 10.9 Å². The molecule has 11 heteroatoms. The summed E-state index contributed by atoms with van der Waals surface area (Å²) in [5, 5.41) is 12.7. The quantitative estimate of drug-likeness (QED) is 0.301. The molecule has 0 saturated heterocycles. The summed E-state index contributed by atoms with van der Waals surface area (Å²) >= 11 is 2.38. The first-order chi connectivity index (χ1) is 15.5. The van der Waals surface area contributed by atoms with E-state index in [-0.39, 0.29) is 17.2 Å². The molecule has 2 aromatic carbocycles. The predicted molar refractivity (Wildman–Crippen MR) is 123 cm³/mol. The molecule has 160 valence electrons. The fraction of sp³-hybridized carbons (Fsp3) is 0.0952. The highest BCUT2D eigenvalue weighted by Gasteiger charge is 2.18. The van der Waals surface area contributed by atoms with Crippen LogP contribution in [-0.4, -0.2) is 36.4 Å². The van der Waals surface area contributed by atoms with E-state index < -0.39 is 5.82 Å². The molecule has 1 amide bonds. The van der Waals surface area contributed by atoms with Crippen LogP contribution < -0.4 is 10.9 Å². The minimum Gasteiger partial charge on any atom is -0.349 e. The van der Waals surface area contributed by atoms with Crippen LogP contribution >= 0.6 is 23.1 Å². The molecule has 0 unspecified atom stereocenters. The van der Waals surface area contributed by atoms with E-state index in [1.54, 1.807) is 6.92 Å². The highest BCUT2D eigenvalue weighted by Crippen LogP contribution is 2.26. The number of hydrogen-bond acceptors (Lipinski definition) is 7. The zero-order valence-corrected chi connectivity index (χ0v) is 18.3. The number of aromatic nitrogens is 5. The predicted octanol–water partition coefficient (Wildman–Crippen LogP) is 3.90. The van der Waals surface area contributed by atoms with Gasteiger partial charge in [0.15, 0.2) is 5.16 Å². The molecule has 0 aliphatic carbocycles. The Balaban J connectivity index is 1.57. The molecule has 0 spiro atoms. The van der Waals surface area contributed by atoms with Crippen molar-refractivity contribution >= 4 is 56.1 Å². The van der Waals surface area contributed by atoms with E-state index in [9.17, 15) is 14.0 Å². The van der Waals surface area contributed by atoms with E-state index in [4.69, 9.17) is 4.98 Å². The Bertz CT molecular complexity index is 1520. The van der Waals surface area contributed by atoms with Crippen LogP contribution in [0.15, 0.2) is 58.5 Å². The number of para-hydroxylation sites is 1. The number of carbonyl (C=O) groups is 1. The zero-order valence-electron chi connectivity index (χ0n) is 16.6. The van der Waals surface area contributed by atoms with Crippen molar-refractivity contribution in [3.05, 3.63) is 69.7 Å². The summed E-state index contributed by atoms with van der Waals surface area (Å²) in [4.78, 5) is 33.7. The highest BCUT2D eigenvalue weighted by atomic mass is 32.2. The summed E-state index contributed by atoms with van der Waals surface area (Å²) in [7, 11) is 0. The van der Waals surface area contributed by atoms with Crippen LogP contribution in [0.3, 0.4) is 0 Å². The number of H-pyrrole nitrogens is 1. The minimum atomic E-state index is -0.414. The van der Waals surface area contributed by atoms with Gasteiger partial charge in [0.25, 0.3) is 5.56 Å². The molecule has 8 nitrogen and oxygen atoms in total. The molecule has 5 rings (SSSR count). The van der Waals surface area contributed by atoms with Gasteiger partial charge >= 0.3 is 0 Å². The van der Waals surface area contributed by atoms with Crippen LogP contribution in [0.5, 0.6) is 0 Å². The molecule has 0 atom stereocenters. The van der Waals surface area contributed by atoms with E-state index in [0.717, 1.165) is 27.7 Å². The van der Waals surface area contributed by atoms with Gasteiger partial charge in [0.05, 0.1) is 11.4 Å². The SMILES string of the molecule is Cc1nnc(NC(=O)CSc2nc3c([nH]c4ccccc43)c(=O)n2-c2ccc(F)cc2)s1. The number of carbonyl (C=O) groups excluding carboxylic acids is 1. The zero-order chi connectivity index (χ0) is 22.2. The van der Waals surface area contributed by atoms with Gasteiger partial charge in [-0.1, -0.05) is 41.3 Å². The van der Waals surface area contributed by atoms with Crippen LogP contribution in [0.1, 0.15) is 5.01 Å². The smallest absolute Gasteiger partial charge is 0.283 e. The molecule has 2 N–H and O–H groups in total. The lowest BCUT2D eigenvalue weighted by atomic mass is 10.2. The summed E-state index contributed by atoms with van der Waals surface area (Å²) in [5.41, 5.74) is 1.76. The maximum atomic E-state index is 13.5. The van der Waals surface area contributed by atoms with Gasteiger partial charge in [-0.2, -0.15) is 0 Å². The van der Waals surface area contributed by atoms with Crippen molar-refractivity contribution < 1.29 is 9.18 Å². The van der Waals surface area contributed by atoms with E-state index in [1.165, 1.54) is 40.2 Å². The third-order valence-corrected chi connectivity index (χ3v) is 6.38. The Morgan fingerprint density at radius 2 is 1.97 bits per heavy atom. The van der Waals surface area contributed by atoms with E-state index in [0.29, 0.717) is 27.0 Å². The molecule has 0 bridgehead atoms. The number of halogens is 1. The molecule has 3 heterocycles. The lowest BCUT2D eigenvalue weighted by molar-refractivity contribution is -0.113. The van der Waals surface area contributed by atoms with E-state index in [2.05, 4.69) is 20.5 Å². The second kappa shape index (κ2) is 8.17. The maximum Gasteiger partial charge on any atom is 0.283 e. The maximum absolute atomic E-state index is 13.5. The van der Waals surface area contributed by atoms with Gasteiger partial charge in [0.2, 0.25) is 11.0 Å². The van der Waals surface area contributed by atoms with E-state index >= 15 is 0 Å². The molecule has 3 aromatic heterocycles. The second-order valence-electron chi connectivity index (χ2n) is 6.87. The number of rotatable bonds is 5. The number of nitrogens with zero attached hydrogens (tertiary/aromatic N) is 4. The Labute approximate surface area is 188 Å². The number of hydrogen-bond donors (Lipinski definition) is 2. The lowest BCUT2D eigenvalue weighted by Gasteiger charge is -2.12. The number of aryl methyl sites for hydroxylation is 1. The number of fused-ring (bicyclic) bond motifs is 3. The minimum absolute atomic E-state index is 0.000123. The summed E-state index contributed by atoms with van der Waals surface area (Å²) in [6.07, 6.45) is 0. The first-order valence-corrected chi connectivity index (χ1v) is 11.3. The first-order valence-electron chi connectivity index (χ1n) is 9.52. The standard InChI is InChI=1S/C21H15FN6O2S2/c1-11-26-27-20(32-11)24-16(29)10-31-21-25-17-14-4-2-3-5-15(14)23-18(17)19(30)28(21)13-8-6-12(22)7-9-13/h2-9,23H,10H2,1H3,(H,24,27,29). The number of nitrogens with one attached hydrogen (secondary N) is 2. The van der Waals surface area contributed by atoms with Crippen molar-refractivity contribution in [3.63, 3.8) is 0 Å². The average molecular weight is 467 g/mol. The van der Waals surface area contributed by atoms with Gasteiger partial charge < -0.3 is 4.98 Å². The Morgan fingerprint density at radius 3 is 2.72 bits per heavy atom. The summed E-state index contributed by atoms with van der Waals surface area (Å²) in [6.45, 7) is 1.80. The van der Waals surface area contributed by atoms with Gasteiger partial charge in [-0.15, -0.1) is 10.2 Å². The summed E-state index contributed by atoms with van der Waals surface area (Å²) < 4.78 is 14.9. The van der Waals surface area contributed by atoms with Crippen molar-refractivity contribution in [2.45, 2.75) is 12.1 Å². The van der Waals surface area contributed by atoms with Crippen molar-refractivity contribution in [3.8, 4) is 5.69 Å². The third kappa shape index (κ3) is 3.76. The summed E-state index contributed by atoms with van der Waals surface area (Å²) in [6, 6.07) is 13.0. The van der Waals surface area contributed by atoms with Crippen molar-refractivity contribution in [2.24, 2.45) is 0 Å². The van der Waals surface area contributed by atoms with Gasteiger partial charge in [-0.05, 0) is 37.3 Å². The fourth-order valence-corrected chi connectivity index (χ4v) is 4.70. The van der Waals surface area contributed by atoms with Crippen molar-refractivity contribution in [1.29, 1.82) is 0 Å². The fourth-order valence-electron chi connectivity index (χ4n) is 3.29. The van der Waals surface area contributed by atoms with Crippen LogP contribution in [0.2, 0.25) is 0 Å². The van der Waals surface area contributed by atoms with Crippen molar-refractivity contribution in [1.82, 2.24) is 24.7 Å². The second-order valence-corrected chi connectivity index (χ2v) is 8.99. The largest absolute Gasteiger partial charge is 0.349 e. The molecule has 32 heavy (non-hydrogen) atoms. The van der Waals surface area contributed by atoms with Gasteiger partial charge in [0.1, 0.15) is 21.9 Å². The number of amides is 1. The molecule has 0 radical (unpaired) electrons. The van der Waals surface area contributed by atoms with Gasteiger partial charge in [-0.25, -0.2) is 9.37 Å². The molecular formula is C21H15FN6O2S2. The average Bonchev–Trinajstić information content (AvgIpc) is 3.36. The summed E-state index contributed by atoms with van der Waals surface area (Å²) in [5.74, 6) is -0.715. The Morgan fingerprint density at radius 1 is 1.19 bits per heavy atom. The molecule has 0 aliphatic heterocycles. The van der Waals surface area contributed by atoms with Crippen LogP contribution in [0, 0.1) is 12.7 Å². The number of aromatic amines is 1. The normalized spacial score (nSPS) is 11.3. The van der Waals surface area contributed by atoms with Crippen LogP contribution in [-0.2, 0) is 4.79 Å². The topological polar surface area (TPSA) is 106 Å². The number of thioether (sulfide) groups is 1. The molecule has 5 aromatic rings. The van der Waals surface area contributed by atoms with Crippen LogP contribution in [0.4, 0.5) is 9.52 Å². The lowest BCUT2D eigenvalue weighted by Crippen LogP contribution is -2.23. The Kier molecular flexibility index (Phi) is 5.19. The van der Waals surface area contributed by atoms with E-state index in [1.807, 2.05) is 24.3 Å². The van der Waals surface area contributed by atoms with Crippen molar-refractivity contribution in [2.75, 3.05) is 11.1 Å². The van der Waals surface area contributed by atoms with Crippen LogP contribution in [0.25, 0.3) is 27.6 Å². The third-order valence-electron chi connectivity index (χ3n) is 4.68. The Hall–Kier alpha value is -3.57. The molecule has 0 fully saturated rings. The molecular weight excluding hydrogens is 451 g/mol. The monoisotopic (exact) mass is 466 g/mol. The van der Waals surface area contributed by atoms with Gasteiger partial charge in [-0.3, -0.25) is 19.5 Å². The number of anilines is 1. The molecule has 0 aliphatic rings. The first kappa shape index (κ1) is 20.3.